The van der Waals surface area contributed by atoms with E-state index < -0.39 is 11.2 Å². The Bertz CT molecular complexity index is 1130. The lowest BCUT2D eigenvalue weighted by molar-refractivity contribution is -0.0996. The van der Waals surface area contributed by atoms with Crippen molar-refractivity contribution >= 4 is 29.5 Å². The summed E-state index contributed by atoms with van der Waals surface area (Å²) >= 11 is 6.33. The zero-order valence-electron chi connectivity index (χ0n) is 21.3. The molecule has 192 valence electrons. The summed E-state index contributed by atoms with van der Waals surface area (Å²) in [7, 11) is 0. The number of hydrogen-bond acceptors (Lipinski definition) is 5. The van der Waals surface area contributed by atoms with Crippen LogP contribution in [-0.2, 0) is 15.1 Å². The fraction of sp³-hybridized carbons (Fsp3) is 0.464. The first-order valence-electron chi connectivity index (χ1n) is 12.3. The van der Waals surface area contributed by atoms with E-state index in [1.54, 1.807) is 35.2 Å². The third-order valence-electron chi connectivity index (χ3n) is 6.84. The lowest BCUT2D eigenvalue weighted by Crippen LogP contribution is -2.49. The van der Waals surface area contributed by atoms with Gasteiger partial charge in [0.05, 0.1) is 29.9 Å². The van der Waals surface area contributed by atoms with Crippen molar-refractivity contribution in [2.45, 2.75) is 51.7 Å². The zero-order chi connectivity index (χ0) is 26.1. The molecule has 0 spiro atoms. The molecule has 2 heterocycles. The van der Waals surface area contributed by atoms with E-state index in [4.69, 9.17) is 21.1 Å². The third-order valence-corrected chi connectivity index (χ3v) is 7.08. The Morgan fingerprint density at radius 2 is 1.69 bits per heavy atom. The Kier molecular flexibility index (Phi) is 7.43. The molecule has 36 heavy (non-hydrogen) atoms. The van der Waals surface area contributed by atoms with E-state index in [9.17, 15) is 14.4 Å². The lowest BCUT2D eigenvalue weighted by atomic mass is 9.78. The second kappa shape index (κ2) is 10.2. The highest BCUT2D eigenvalue weighted by Gasteiger charge is 2.42. The number of rotatable bonds is 6. The molecule has 0 N–H and O–H groups in total. The standard InChI is InChI=1S/C28H33ClN2O5/c1-27(2,3)36-26(34)30-14-8-10-20(18-30)28(4,19-9-7-11-21(29)17-19)35-16-15-31-24(32)22-12-5-6-13-23(22)25(31)33/h5-7,9,11-13,17,20H,8,10,14-16,18H2,1-4H3/t20-,28+/m1/s1. The molecule has 2 aliphatic heterocycles. The Morgan fingerprint density at radius 3 is 2.31 bits per heavy atom. The number of halogens is 1. The Hall–Kier alpha value is -2.90. The van der Waals surface area contributed by atoms with Crippen LogP contribution in [0.4, 0.5) is 4.79 Å². The molecule has 0 aromatic heterocycles. The maximum absolute atomic E-state index is 12.8. The van der Waals surface area contributed by atoms with E-state index in [2.05, 4.69) is 0 Å². The number of likely N-dealkylation sites (tertiary alicyclic amines) is 1. The third kappa shape index (κ3) is 5.42. The predicted octanol–water partition coefficient (Wildman–Crippen LogP) is 5.52. The Morgan fingerprint density at radius 1 is 1.03 bits per heavy atom. The molecule has 2 aliphatic rings. The van der Waals surface area contributed by atoms with Gasteiger partial charge in [0.1, 0.15) is 5.60 Å². The van der Waals surface area contributed by atoms with Gasteiger partial charge in [-0.25, -0.2) is 4.79 Å². The van der Waals surface area contributed by atoms with Crippen LogP contribution in [0.15, 0.2) is 48.5 Å². The van der Waals surface area contributed by atoms with E-state index in [0.717, 1.165) is 18.4 Å². The van der Waals surface area contributed by atoms with Gasteiger partial charge in [0.15, 0.2) is 0 Å². The predicted molar refractivity (Wildman–Crippen MR) is 137 cm³/mol. The van der Waals surface area contributed by atoms with Crippen molar-refractivity contribution in [3.05, 3.63) is 70.2 Å². The van der Waals surface area contributed by atoms with Gasteiger partial charge in [-0.05, 0) is 70.4 Å². The van der Waals surface area contributed by atoms with Crippen LogP contribution in [0.2, 0.25) is 5.02 Å². The molecule has 4 rings (SSSR count). The topological polar surface area (TPSA) is 76.2 Å². The van der Waals surface area contributed by atoms with Gasteiger partial charge < -0.3 is 14.4 Å². The van der Waals surface area contributed by atoms with E-state index >= 15 is 0 Å². The summed E-state index contributed by atoms with van der Waals surface area (Å²) in [6, 6.07) is 14.3. The number of amides is 3. The van der Waals surface area contributed by atoms with Crippen molar-refractivity contribution < 1.29 is 23.9 Å². The summed E-state index contributed by atoms with van der Waals surface area (Å²) < 4.78 is 12.1. The fourth-order valence-electron chi connectivity index (χ4n) is 4.94. The first kappa shape index (κ1) is 26.2. The van der Waals surface area contributed by atoms with Gasteiger partial charge >= 0.3 is 6.09 Å². The molecule has 2 atom stereocenters. The smallest absolute Gasteiger partial charge is 0.410 e. The molecular formula is C28H33ClN2O5. The van der Waals surface area contributed by atoms with Gasteiger partial charge in [-0.1, -0.05) is 35.9 Å². The molecule has 2 aromatic rings. The number of benzene rings is 2. The second-order valence-corrected chi connectivity index (χ2v) is 11.0. The van der Waals surface area contributed by atoms with Crippen LogP contribution in [0.3, 0.4) is 0 Å². The van der Waals surface area contributed by atoms with Crippen molar-refractivity contribution in [1.29, 1.82) is 0 Å². The number of fused-ring (bicyclic) bond motifs is 1. The summed E-state index contributed by atoms with van der Waals surface area (Å²) in [4.78, 5) is 41.3. The van der Waals surface area contributed by atoms with E-state index in [1.165, 1.54) is 4.90 Å². The molecule has 1 saturated heterocycles. The first-order chi connectivity index (χ1) is 17.0. The molecule has 0 saturated carbocycles. The molecule has 8 heteroatoms. The summed E-state index contributed by atoms with van der Waals surface area (Å²) in [6.07, 6.45) is 1.31. The number of hydrogen-bond donors (Lipinski definition) is 0. The van der Waals surface area contributed by atoms with Gasteiger partial charge in [-0.15, -0.1) is 0 Å². The molecule has 1 fully saturated rings. The average Bonchev–Trinajstić information content (AvgIpc) is 3.08. The number of nitrogens with zero attached hydrogens (tertiary/aromatic N) is 2. The second-order valence-electron chi connectivity index (χ2n) is 10.5. The maximum atomic E-state index is 12.8. The van der Waals surface area contributed by atoms with Crippen molar-refractivity contribution in [3.8, 4) is 0 Å². The number of ether oxygens (including phenoxy) is 2. The zero-order valence-corrected chi connectivity index (χ0v) is 22.0. The highest BCUT2D eigenvalue weighted by molar-refractivity contribution is 6.30. The molecule has 0 aliphatic carbocycles. The summed E-state index contributed by atoms with van der Waals surface area (Å²) in [5.41, 5.74) is 0.335. The minimum absolute atomic E-state index is 0.0422. The summed E-state index contributed by atoms with van der Waals surface area (Å²) in [5.74, 6) is -0.658. The quantitative estimate of drug-likeness (QED) is 0.477. The normalized spacial score (nSPS) is 19.8. The van der Waals surface area contributed by atoms with Crippen molar-refractivity contribution in [1.82, 2.24) is 9.80 Å². The lowest BCUT2D eigenvalue weighted by Gasteiger charge is -2.44. The highest BCUT2D eigenvalue weighted by Crippen LogP contribution is 2.40. The van der Waals surface area contributed by atoms with Crippen LogP contribution in [0.1, 0.15) is 66.8 Å². The number of carbonyl (C=O) groups excluding carboxylic acids is 3. The van der Waals surface area contributed by atoms with E-state index in [-0.39, 0.29) is 37.0 Å². The van der Waals surface area contributed by atoms with Gasteiger partial charge in [-0.3, -0.25) is 14.5 Å². The Labute approximate surface area is 217 Å². The van der Waals surface area contributed by atoms with Crippen molar-refractivity contribution in [2.75, 3.05) is 26.2 Å². The summed E-state index contributed by atoms with van der Waals surface area (Å²) in [6.45, 7) is 8.91. The highest BCUT2D eigenvalue weighted by atomic mass is 35.5. The van der Waals surface area contributed by atoms with Crippen LogP contribution in [0, 0.1) is 5.92 Å². The minimum atomic E-state index is -0.801. The number of piperidine rings is 1. The molecule has 0 radical (unpaired) electrons. The fourth-order valence-corrected chi connectivity index (χ4v) is 5.13. The van der Waals surface area contributed by atoms with E-state index in [1.807, 2.05) is 45.9 Å². The van der Waals surface area contributed by atoms with Crippen LogP contribution in [-0.4, -0.2) is 59.5 Å². The van der Waals surface area contributed by atoms with Gasteiger partial charge in [0.2, 0.25) is 0 Å². The van der Waals surface area contributed by atoms with Crippen molar-refractivity contribution in [2.24, 2.45) is 5.92 Å². The van der Waals surface area contributed by atoms with Gasteiger partial charge in [0.25, 0.3) is 11.8 Å². The molecule has 3 amide bonds. The SMILES string of the molecule is CC(C)(C)OC(=O)N1CCC[C@@H]([C@@](C)(OCCN2C(=O)c3ccccc3C2=O)c2cccc(Cl)c2)C1. The van der Waals surface area contributed by atoms with Crippen LogP contribution >= 0.6 is 11.6 Å². The van der Waals surface area contributed by atoms with Gasteiger partial charge in [-0.2, -0.15) is 0 Å². The minimum Gasteiger partial charge on any atom is -0.444 e. The van der Waals surface area contributed by atoms with Crippen LogP contribution in [0.25, 0.3) is 0 Å². The average molecular weight is 513 g/mol. The summed E-state index contributed by atoms with van der Waals surface area (Å²) in [5, 5.41) is 0.586. The monoisotopic (exact) mass is 512 g/mol. The van der Waals surface area contributed by atoms with Crippen LogP contribution < -0.4 is 0 Å². The first-order valence-corrected chi connectivity index (χ1v) is 12.7. The van der Waals surface area contributed by atoms with Crippen LogP contribution in [0.5, 0.6) is 0 Å². The Balaban J connectivity index is 1.52. The van der Waals surface area contributed by atoms with Crippen molar-refractivity contribution in [3.63, 3.8) is 0 Å². The molecule has 0 unspecified atom stereocenters. The van der Waals surface area contributed by atoms with E-state index in [0.29, 0.717) is 29.2 Å². The molecule has 7 nitrogen and oxygen atoms in total. The maximum Gasteiger partial charge on any atom is 0.410 e. The largest absolute Gasteiger partial charge is 0.444 e. The van der Waals surface area contributed by atoms with Gasteiger partial charge in [0, 0.05) is 24.0 Å². The number of carbonyl (C=O) groups is 3. The molecule has 0 bridgehead atoms. The number of imide groups is 1. The molecular weight excluding hydrogens is 480 g/mol. The molecule has 2 aromatic carbocycles.